The minimum atomic E-state index is -0.0939. The van der Waals surface area contributed by atoms with E-state index in [0.29, 0.717) is 5.69 Å². The van der Waals surface area contributed by atoms with Gasteiger partial charge in [-0.15, -0.1) is 0 Å². The van der Waals surface area contributed by atoms with Crippen LogP contribution in [0, 0.1) is 0 Å². The predicted octanol–water partition coefficient (Wildman–Crippen LogP) is 3.13. The number of carbonyl (C=O) groups excluding carboxylic acids is 1. The van der Waals surface area contributed by atoms with Crippen LogP contribution in [0.1, 0.15) is 21.6 Å². The standard InChI is InChI=1S/C19H16N2O/c22-19(18-10-9-13-5-3-4-8-17(13)21-18)20-16-11-14-6-1-2-7-15(14)12-16/h1-10,16H,11-12H2,(H,20,22). The van der Waals surface area contributed by atoms with E-state index >= 15 is 0 Å². The maximum Gasteiger partial charge on any atom is 0.270 e. The van der Waals surface area contributed by atoms with Crippen molar-refractivity contribution in [2.24, 2.45) is 0 Å². The maximum absolute atomic E-state index is 12.4. The molecule has 1 amide bonds. The summed E-state index contributed by atoms with van der Waals surface area (Å²) in [5.74, 6) is -0.0939. The van der Waals surface area contributed by atoms with Crippen molar-refractivity contribution in [3.8, 4) is 0 Å². The Morgan fingerprint density at radius 2 is 1.59 bits per heavy atom. The van der Waals surface area contributed by atoms with Crippen molar-refractivity contribution < 1.29 is 4.79 Å². The van der Waals surface area contributed by atoms with Gasteiger partial charge in [0.15, 0.2) is 0 Å². The molecule has 108 valence electrons. The molecular weight excluding hydrogens is 272 g/mol. The Hall–Kier alpha value is -2.68. The second-order valence-corrected chi connectivity index (χ2v) is 5.74. The van der Waals surface area contributed by atoms with Gasteiger partial charge in [0.25, 0.3) is 5.91 Å². The molecule has 0 fully saturated rings. The first-order valence-electron chi connectivity index (χ1n) is 7.53. The van der Waals surface area contributed by atoms with Crippen LogP contribution in [-0.2, 0) is 12.8 Å². The number of amides is 1. The molecule has 0 unspecified atom stereocenters. The third-order valence-corrected chi connectivity index (χ3v) is 4.22. The van der Waals surface area contributed by atoms with Crippen LogP contribution in [0.3, 0.4) is 0 Å². The normalized spacial score (nSPS) is 14.0. The fourth-order valence-electron chi connectivity index (χ4n) is 3.11. The zero-order valence-corrected chi connectivity index (χ0v) is 12.1. The van der Waals surface area contributed by atoms with E-state index < -0.39 is 0 Å². The van der Waals surface area contributed by atoms with Gasteiger partial charge in [-0.3, -0.25) is 4.79 Å². The molecule has 0 bridgehead atoms. The van der Waals surface area contributed by atoms with E-state index in [-0.39, 0.29) is 11.9 Å². The highest BCUT2D eigenvalue weighted by Crippen LogP contribution is 2.22. The smallest absolute Gasteiger partial charge is 0.270 e. The summed E-state index contributed by atoms with van der Waals surface area (Å²) in [5, 5.41) is 4.15. The molecule has 0 saturated carbocycles. The van der Waals surface area contributed by atoms with Gasteiger partial charge in [-0.25, -0.2) is 4.98 Å². The molecule has 1 aliphatic carbocycles. The van der Waals surface area contributed by atoms with Crippen molar-refractivity contribution in [3.63, 3.8) is 0 Å². The Labute approximate surface area is 129 Å². The highest BCUT2D eigenvalue weighted by atomic mass is 16.1. The Kier molecular flexibility index (Phi) is 3.11. The zero-order valence-electron chi connectivity index (χ0n) is 12.1. The number of rotatable bonds is 2. The lowest BCUT2D eigenvalue weighted by Gasteiger charge is -2.11. The number of nitrogens with one attached hydrogen (secondary N) is 1. The van der Waals surface area contributed by atoms with Gasteiger partial charge in [-0.1, -0.05) is 48.5 Å². The van der Waals surface area contributed by atoms with Crippen LogP contribution in [0.2, 0.25) is 0 Å². The van der Waals surface area contributed by atoms with Gasteiger partial charge in [-0.05, 0) is 36.1 Å². The number of carbonyl (C=O) groups is 1. The van der Waals surface area contributed by atoms with E-state index in [1.807, 2.05) is 42.5 Å². The third kappa shape index (κ3) is 2.35. The quantitative estimate of drug-likeness (QED) is 0.787. The molecule has 0 spiro atoms. The fourth-order valence-corrected chi connectivity index (χ4v) is 3.11. The lowest BCUT2D eigenvalue weighted by molar-refractivity contribution is 0.0934. The van der Waals surface area contributed by atoms with E-state index in [1.165, 1.54) is 11.1 Å². The number of aromatic nitrogens is 1. The van der Waals surface area contributed by atoms with Gasteiger partial charge in [0, 0.05) is 11.4 Å². The average molecular weight is 288 g/mol. The van der Waals surface area contributed by atoms with Crippen LogP contribution in [0.25, 0.3) is 10.9 Å². The van der Waals surface area contributed by atoms with Crippen molar-refractivity contribution in [2.45, 2.75) is 18.9 Å². The molecule has 2 aromatic carbocycles. The molecule has 0 saturated heterocycles. The van der Waals surface area contributed by atoms with Gasteiger partial charge in [0.1, 0.15) is 5.69 Å². The van der Waals surface area contributed by atoms with Crippen LogP contribution in [-0.4, -0.2) is 16.9 Å². The number of hydrogen-bond donors (Lipinski definition) is 1. The first-order chi connectivity index (χ1) is 10.8. The Balaban J connectivity index is 1.52. The van der Waals surface area contributed by atoms with Crippen molar-refractivity contribution in [3.05, 3.63) is 77.5 Å². The summed E-state index contributed by atoms with van der Waals surface area (Å²) >= 11 is 0. The van der Waals surface area contributed by atoms with Gasteiger partial charge in [-0.2, -0.15) is 0 Å². The van der Waals surface area contributed by atoms with E-state index in [9.17, 15) is 4.79 Å². The molecule has 3 heteroatoms. The lowest BCUT2D eigenvalue weighted by Crippen LogP contribution is -2.35. The summed E-state index contributed by atoms with van der Waals surface area (Å²) in [5.41, 5.74) is 4.00. The molecule has 0 radical (unpaired) electrons. The van der Waals surface area contributed by atoms with E-state index in [0.717, 1.165) is 23.7 Å². The molecule has 1 heterocycles. The Bertz CT molecular complexity index is 832. The Morgan fingerprint density at radius 1 is 0.909 bits per heavy atom. The lowest BCUT2D eigenvalue weighted by atomic mass is 10.1. The number of benzene rings is 2. The van der Waals surface area contributed by atoms with Crippen molar-refractivity contribution in [1.29, 1.82) is 0 Å². The minimum Gasteiger partial charge on any atom is -0.347 e. The summed E-state index contributed by atoms with van der Waals surface area (Å²) in [4.78, 5) is 16.9. The summed E-state index contributed by atoms with van der Waals surface area (Å²) in [7, 11) is 0. The Morgan fingerprint density at radius 3 is 2.36 bits per heavy atom. The molecule has 22 heavy (non-hydrogen) atoms. The van der Waals surface area contributed by atoms with Crippen molar-refractivity contribution in [2.75, 3.05) is 0 Å². The highest BCUT2D eigenvalue weighted by molar-refractivity contribution is 5.95. The highest BCUT2D eigenvalue weighted by Gasteiger charge is 2.23. The summed E-state index contributed by atoms with van der Waals surface area (Å²) in [6, 6.07) is 20.1. The van der Waals surface area contributed by atoms with Gasteiger partial charge < -0.3 is 5.32 Å². The number of para-hydroxylation sites is 1. The molecular formula is C19H16N2O. The van der Waals surface area contributed by atoms with Gasteiger partial charge >= 0.3 is 0 Å². The number of fused-ring (bicyclic) bond motifs is 2. The summed E-state index contributed by atoms with van der Waals surface area (Å²) < 4.78 is 0. The number of hydrogen-bond acceptors (Lipinski definition) is 2. The maximum atomic E-state index is 12.4. The largest absolute Gasteiger partial charge is 0.347 e. The molecule has 3 aromatic rings. The van der Waals surface area contributed by atoms with Gasteiger partial charge in [0.2, 0.25) is 0 Å². The minimum absolute atomic E-state index is 0.0939. The fraction of sp³-hybridized carbons (Fsp3) is 0.158. The van der Waals surface area contributed by atoms with E-state index in [2.05, 4.69) is 22.4 Å². The van der Waals surface area contributed by atoms with Crippen LogP contribution < -0.4 is 5.32 Å². The average Bonchev–Trinajstić information content (AvgIpc) is 2.96. The SMILES string of the molecule is O=C(NC1Cc2ccccc2C1)c1ccc2ccccc2n1. The van der Waals surface area contributed by atoms with Crippen molar-refractivity contribution >= 4 is 16.8 Å². The molecule has 3 nitrogen and oxygen atoms in total. The van der Waals surface area contributed by atoms with Crippen LogP contribution in [0.5, 0.6) is 0 Å². The molecule has 0 atom stereocenters. The van der Waals surface area contributed by atoms with Crippen LogP contribution in [0.15, 0.2) is 60.7 Å². The second-order valence-electron chi connectivity index (χ2n) is 5.74. The summed E-state index contributed by atoms with van der Waals surface area (Å²) in [6.45, 7) is 0. The number of pyridine rings is 1. The topological polar surface area (TPSA) is 42.0 Å². The third-order valence-electron chi connectivity index (χ3n) is 4.22. The first kappa shape index (κ1) is 13.0. The molecule has 0 aliphatic heterocycles. The van der Waals surface area contributed by atoms with Crippen LogP contribution in [0.4, 0.5) is 0 Å². The molecule has 4 rings (SSSR count). The second kappa shape index (κ2) is 5.26. The number of nitrogens with zero attached hydrogens (tertiary/aromatic N) is 1. The van der Waals surface area contributed by atoms with Crippen LogP contribution >= 0.6 is 0 Å². The monoisotopic (exact) mass is 288 g/mol. The van der Waals surface area contributed by atoms with Gasteiger partial charge in [0.05, 0.1) is 5.52 Å². The zero-order chi connectivity index (χ0) is 14.9. The molecule has 1 aromatic heterocycles. The van der Waals surface area contributed by atoms with E-state index in [4.69, 9.17) is 0 Å². The van der Waals surface area contributed by atoms with Crippen molar-refractivity contribution in [1.82, 2.24) is 10.3 Å². The predicted molar refractivity (Wildman–Crippen MR) is 86.8 cm³/mol. The van der Waals surface area contributed by atoms with E-state index in [1.54, 1.807) is 6.07 Å². The summed E-state index contributed by atoms with van der Waals surface area (Å²) in [6.07, 6.45) is 1.80. The molecule has 1 N–H and O–H groups in total. The first-order valence-corrected chi connectivity index (χ1v) is 7.53. The molecule has 1 aliphatic rings.